The van der Waals surface area contributed by atoms with Crippen LogP contribution in [-0.2, 0) is 0 Å². The summed E-state index contributed by atoms with van der Waals surface area (Å²) in [6.07, 6.45) is 0. The number of rotatable bonds is 3. The summed E-state index contributed by atoms with van der Waals surface area (Å²) in [6.45, 7) is 0. The third-order valence-corrected chi connectivity index (χ3v) is 4.39. The largest absolute Gasteiger partial charge is 0.453 e. The molecule has 0 atom stereocenters. The molecule has 1 N–H and O–H groups in total. The van der Waals surface area contributed by atoms with Gasteiger partial charge in [-0.3, -0.25) is 10.1 Å². The molecule has 3 heterocycles. The average Bonchev–Trinajstić information content (AvgIpc) is 3.26. The molecular formula is C14H8N4O2S2. The highest BCUT2D eigenvalue weighted by Gasteiger charge is 2.14. The van der Waals surface area contributed by atoms with Gasteiger partial charge in [-0.25, -0.2) is 4.98 Å². The summed E-state index contributed by atoms with van der Waals surface area (Å²) in [4.78, 5) is 15.9. The zero-order valence-corrected chi connectivity index (χ0v) is 12.6. The number of anilines is 1. The van der Waals surface area contributed by atoms with E-state index in [0.717, 1.165) is 11.0 Å². The van der Waals surface area contributed by atoms with Crippen LogP contribution >= 0.6 is 22.7 Å². The Morgan fingerprint density at radius 2 is 2.14 bits per heavy atom. The number of carbonyl (C=O) groups is 1. The highest BCUT2D eigenvalue weighted by molar-refractivity contribution is 7.18. The SMILES string of the molecule is O=C(Nc1nnc(-c2cc3ccccc3o2)s1)c1cscn1. The van der Waals surface area contributed by atoms with Crippen molar-refractivity contribution in [3.05, 3.63) is 46.9 Å². The Balaban J connectivity index is 1.59. The summed E-state index contributed by atoms with van der Waals surface area (Å²) in [5.41, 5.74) is 2.76. The fourth-order valence-corrected chi connectivity index (χ4v) is 3.17. The summed E-state index contributed by atoms with van der Waals surface area (Å²) in [7, 11) is 0. The maximum Gasteiger partial charge on any atom is 0.276 e. The molecular weight excluding hydrogens is 320 g/mol. The maximum absolute atomic E-state index is 11.9. The molecule has 8 heteroatoms. The Morgan fingerprint density at radius 3 is 2.95 bits per heavy atom. The summed E-state index contributed by atoms with van der Waals surface area (Å²) in [5, 5.41) is 14.4. The molecule has 0 saturated carbocycles. The third kappa shape index (κ3) is 2.38. The summed E-state index contributed by atoms with van der Waals surface area (Å²) in [5.74, 6) is 0.335. The standard InChI is InChI=1S/C14H8N4O2S2/c19-12(9-6-21-7-15-9)16-14-18-17-13(22-14)11-5-8-3-1-2-4-10(8)20-11/h1-7H,(H,16,18,19). The van der Waals surface area contributed by atoms with Crippen LogP contribution in [0.15, 0.2) is 45.6 Å². The number of amides is 1. The van der Waals surface area contributed by atoms with E-state index in [1.54, 1.807) is 10.9 Å². The first kappa shape index (κ1) is 13.1. The van der Waals surface area contributed by atoms with Crippen LogP contribution in [0.4, 0.5) is 5.13 Å². The van der Waals surface area contributed by atoms with E-state index in [-0.39, 0.29) is 5.91 Å². The predicted molar refractivity (Wildman–Crippen MR) is 85.2 cm³/mol. The van der Waals surface area contributed by atoms with E-state index in [1.807, 2.05) is 30.3 Å². The lowest BCUT2D eigenvalue weighted by atomic mass is 10.2. The average molecular weight is 328 g/mol. The quantitative estimate of drug-likeness (QED) is 0.621. The number of hydrogen-bond acceptors (Lipinski definition) is 7. The van der Waals surface area contributed by atoms with Crippen molar-refractivity contribution in [3.63, 3.8) is 0 Å². The van der Waals surface area contributed by atoms with E-state index >= 15 is 0 Å². The van der Waals surface area contributed by atoms with Crippen molar-refractivity contribution in [2.45, 2.75) is 0 Å². The van der Waals surface area contributed by atoms with Crippen molar-refractivity contribution in [2.24, 2.45) is 0 Å². The molecule has 3 aromatic heterocycles. The molecule has 0 radical (unpaired) electrons. The van der Waals surface area contributed by atoms with E-state index in [1.165, 1.54) is 22.7 Å². The second-order valence-corrected chi connectivity index (χ2v) is 6.08. The van der Waals surface area contributed by atoms with Gasteiger partial charge in [0.25, 0.3) is 5.91 Å². The molecule has 4 aromatic rings. The summed E-state index contributed by atoms with van der Waals surface area (Å²) >= 11 is 2.62. The second-order valence-electron chi connectivity index (χ2n) is 4.39. The Hall–Kier alpha value is -2.58. The number of furan rings is 1. The van der Waals surface area contributed by atoms with Gasteiger partial charge in [0.2, 0.25) is 5.13 Å². The Labute approximate surface area is 132 Å². The van der Waals surface area contributed by atoms with Crippen LogP contribution in [0.3, 0.4) is 0 Å². The molecule has 0 aliphatic heterocycles. The second kappa shape index (κ2) is 5.32. The van der Waals surface area contributed by atoms with Crippen molar-refractivity contribution >= 4 is 44.7 Å². The van der Waals surface area contributed by atoms with Gasteiger partial charge in [-0.2, -0.15) is 0 Å². The molecule has 22 heavy (non-hydrogen) atoms. The molecule has 0 aliphatic carbocycles. The minimum Gasteiger partial charge on any atom is -0.453 e. The van der Waals surface area contributed by atoms with Gasteiger partial charge in [0.1, 0.15) is 11.3 Å². The molecule has 0 fully saturated rings. The molecule has 108 valence electrons. The highest BCUT2D eigenvalue weighted by Crippen LogP contribution is 2.31. The highest BCUT2D eigenvalue weighted by atomic mass is 32.1. The number of aromatic nitrogens is 3. The molecule has 0 saturated heterocycles. The van der Waals surface area contributed by atoms with Gasteiger partial charge in [0.05, 0.1) is 5.51 Å². The topological polar surface area (TPSA) is 80.9 Å². The number of thiazole rings is 1. The fourth-order valence-electron chi connectivity index (χ4n) is 1.95. The predicted octanol–water partition coefficient (Wildman–Crippen LogP) is 3.66. The molecule has 1 aromatic carbocycles. The first-order valence-corrected chi connectivity index (χ1v) is 8.07. The number of benzene rings is 1. The van der Waals surface area contributed by atoms with Crippen LogP contribution in [0.1, 0.15) is 10.5 Å². The van der Waals surface area contributed by atoms with Gasteiger partial charge >= 0.3 is 0 Å². The van der Waals surface area contributed by atoms with Crippen LogP contribution in [0.5, 0.6) is 0 Å². The Kier molecular flexibility index (Phi) is 3.17. The van der Waals surface area contributed by atoms with Crippen LogP contribution in [0.25, 0.3) is 21.7 Å². The summed E-state index contributed by atoms with van der Waals surface area (Å²) in [6, 6.07) is 9.62. The molecule has 0 unspecified atom stereocenters. The molecule has 6 nitrogen and oxygen atoms in total. The minimum absolute atomic E-state index is 0.298. The number of para-hydroxylation sites is 1. The molecule has 0 spiro atoms. The van der Waals surface area contributed by atoms with Crippen LogP contribution < -0.4 is 5.32 Å². The van der Waals surface area contributed by atoms with Crippen molar-refractivity contribution in [1.29, 1.82) is 0 Å². The van der Waals surface area contributed by atoms with Gasteiger partial charge in [0, 0.05) is 10.8 Å². The van der Waals surface area contributed by atoms with Gasteiger partial charge in [-0.15, -0.1) is 21.5 Å². The zero-order valence-electron chi connectivity index (χ0n) is 11.0. The van der Waals surface area contributed by atoms with E-state index < -0.39 is 0 Å². The van der Waals surface area contributed by atoms with Crippen LogP contribution in [0, 0.1) is 0 Å². The molecule has 4 rings (SSSR count). The smallest absolute Gasteiger partial charge is 0.276 e. The van der Waals surface area contributed by atoms with Crippen molar-refractivity contribution in [1.82, 2.24) is 15.2 Å². The molecule has 0 aliphatic rings. The lowest BCUT2D eigenvalue weighted by molar-refractivity contribution is 0.102. The summed E-state index contributed by atoms with van der Waals surface area (Å²) < 4.78 is 5.73. The maximum atomic E-state index is 11.9. The van der Waals surface area contributed by atoms with Gasteiger partial charge in [0.15, 0.2) is 10.8 Å². The van der Waals surface area contributed by atoms with Crippen molar-refractivity contribution < 1.29 is 9.21 Å². The van der Waals surface area contributed by atoms with Gasteiger partial charge in [-0.05, 0) is 12.1 Å². The molecule has 0 bridgehead atoms. The van der Waals surface area contributed by atoms with E-state index in [4.69, 9.17) is 4.42 Å². The van der Waals surface area contributed by atoms with Gasteiger partial charge in [-0.1, -0.05) is 29.5 Å². The first-order chi connectivity index (χ1) is 10.8. The number of fused-ring (bicyclic) bond motifs is 1. The van der Waals surface area contributed by atoms with E-state index in [0.29, 0.717) is 21.6 Å². The first-order valence-electron chi connectivity index (χ1n) is 6.31. The third-order valence-electron chi connectivity index (χ3n) is 2.95. The number of hydrogen-bond donors (Lipinski definition) is 1. The monoisotopic (exact) mass is 328 g/mol. The Morgan fingerprint density at radius 1 is 1.23 bits per heavy atom. The fraction of sp³-hybridized carbons (Fsp3) is 0. The zero-order chi connectivity index (χ0) is 14.9. The lowest BCUT2D eigenvalue weighted by Crippen LogP contribution is -2.11. The normalized spacial score (nSPS) is 10.9. The Bertz CT molecular complexity index is 910. The van der Waals surface area contributed by atoms with E-state index in [9.17, 15) is 4.79 Å². The van der Waals surface area contributed by atoms with Crippen LogP contribution in [0.2, 0.25) is 0 Å². The molecule has 1 amide bonds. The minimum atomic E-state index is -0.298. The van der Waals surface area contributed by atoms with Gasteiger partial charge < -0.3 is 4.42 Å². The number of nitrogens with zero attached hydrogens (tertiary/aromatic N) is 3. The number of nitrogens with one attached hydrogen (secondary N) is 1. The lowest BCUT2D eigenvalue weighted by Gasteiger charge is -1.95. The van der Waals surface area contributed by atoms with Crippen molar-refractivity contribution in [3.8, 4) is 10.8 Å². The van der Waals surface area contributed by atoms with E-state index in [2.05, 4.69) is 20.5 Å². The van der Waals surface area contributed by atoms with Crippen LogP contribution in [-0.4, -0.2) is 21.1 Å². The van der Waals surface area contributed by atoms with Crippen molar-refractivity contribution in [2.75, 3.05) is 5.32 Å². The number of carbonyl (C=O) groups excluding carboxylic acids is 1.